The van der Waals surface area contributed by atoms with Gasteiger partial charge in [0.2, 0.25) is 5.91 Å². The van der Waals surface area contributed by atoms with E-state index in [4.69, 9.17) is 4.74 Å². The molecule has 0 aliphatic carbocycles. The van der Waals surface area contributed by atoms with Gasteiger partial charge in [0.25, 0.3) is 11.1 Å². The third-order valence-electron chi connectivity index (χ3n) is 4.14. The van der Waals surface area contributed by atoms with Gasteiger partial charge in [0.15, 0.2) is 6.61 Å². The van der Waals surface area contributed by atoms with Gasteiger partial charge in [-0.2, -0.15) is 0 Å². The number of nitrogens with zero attached hydrogens (tertiary/aromatic N) is 1. The number of aromatic amines is 1. The number of carbonyl (C=O) groups is 4. The standard InChI is InChI=1S/C18H19N3O5S/c22-15(19-7-8-21-16(23)11-27-18(21)25)10-26-17(24)6-5-12-9-20-14-4-2-1-3-13(12)14/h1-4,9,20H,5-8,10-11H2,(H,19,22). The molecule has 9 heteroatoms. The second-order valence-electron chi connectivity index (χ2n) is 5.97. The molecule has 8 nitrogen and oxygen atoms in total. The van der Waals surface area contributed by atoms with E-state index in [0.717, 1.165) is 33.1 Å². The van der Waals surface area contributed by atoms with Crippen LogP contribution in [0, 0.1) is 0 Å². The van der Waals surface area contributed by atoms with Gasteiger partial charge in [-0.05, 0) is 18.1 Å². The van der Waals surface area contributed by atoms with Gasteiger partial charge >= 0.3 is 5.97 Å². The molecule has 0 unspecified atom stereocenters. The van der Waals surface area contributed by atoms with Crippen LogP contribution >= 0.6 is 11.8 Å². The van der Waals surface area contributed by atoms with E-state index >= 15 is 0 Å². The maximum atomic E-state index is 11.8. The number of aromatic nitrogens is 1. The molecule has 3 rings (SSSR count). The van der Waals surface area contributed by atoms with Gasteiger partial charge in [0, 0.05) is 36.6 Å². The third kappa shape index (κ3) is 4.88. The first-order valence-electron chi connectivity index (χ1n) is 8.49. The number of H-pyrrole nitrogens is 1. The molecule has 1 fully saturated rings. The minimum Gasteiger partial charge on any atom is -0.456 e. The molecule has 1 aromatic carbocycles. The number of para-hydroxylation sites is 1. The first-order chi connectivity index (χ1) is 13.0. The lowest BCUT2D eigenvalue weighted by atomic mass is 10.1. The van der Waals surface area contributed by atoms with Crippen LogP contribution in [0.3, 0.4) is 0 Å². The van der Waals surface area contributed by atoms with Crippen molar-refractivity contribution in [2.24, 2.45) is 0 Å². The van der Waals surface area contributed by atoms with E-state index in [-0.39, 0.29) is 43.0 Å². The summed E-state index contributed by atoms with van der Waals surface area (Å²) >= 11 is 0.944. The highest BCUT2D eigenvalue weighted by molar-refractivity contribution is 8.14. The first kappa shape index (κ1) is 19.0. The first-order valence-corrected chi connectivity index (χ1v) is 9.47. The van der Waals surface area contributed by atoms with E-state index in [1.165, 1.54) is 0 Å². The van der Waals surface area contributed by atoms with Crippen molar-refractivity contribution >= 4 is 45.7 Å². The number of hydrogen-bond donors (Lipinski definition) is 2. The van der Waals surface area contributed by atoms with Gasteiger partial charge in [-0.3, -0.25) is 24.1 Å². The minimum atomic E-state index is -0.470. The zero-order valence-electron chi connectivity index (χ0n) is 14.5. The van der Waals surface area contributed by atoms with Crippen LogP contribution in [0.15, 0.2) is 30.5 Å². The Morgan fingerprint density at radius 3 is 2.85 bits per heavy atom. The summed E-state index contributed by atoms with van der Waals surface area (Å²) < 4.78 is 4.97. The molecule has 1 aromatic heterocycles. The van der Waals surface area contributed by atoms with Gasteiger partial charge in [0.05, 0.1) is 5.75 Å². The molecule has 2 aromatic rings. The van der Waals surface area contributed by atoms with E-state index in [1.807, 2.05) is 30.5 Å². The zero-order valence-corrected chi connectivity index (χ0v) is 15.3. The van der Waals surface area contributed by atoms with Gasteiger partial charge in [-0.1, -0.05) is 30.0 Å². The lowest BCUT2D eigenvalue weighted by Crippen LogP contribution is -2.38. The normalized spacial score (nSPS) is 14.0. The fourth-order valence-corrected chi connectivity index (χ4v) is 3.50. The number of benzene rings is 1. The number of hydrogen-bond acceptors (Lipinski definition) is 6. The van der Waals surface area contributed by atoms with E-state index in [1.54, 1.807) is 0 Å². The van der Waals surface area contributed by atoms with E-state index < -0.39 is 11.9 Å². The highest BCUT2D eigenvalue weighted by Gasteiger charge is 2.29. The molecule has 0 bridgehead atoms. The van der Waals surface area contributed by atoms with Crippen molar-refractivity contribution in [2.75, 3.05) is 25.4 Å². The number of carbonyl (C=O) groups excluding carboxylic acids is 4. The Hall–Kier alpha value is -2.81. The van der Waals surface area contributed by atoms with E-state index in [9.17, 15) is 19.2 Å². The molecule has 1 saturated heterocycles. The third-order valence-corrected chi connectivity index (χ3v) is 4.99. The lowest BCUT2D eigenvalue weighted by molar-refractivity contribution is -0.148. The Kier molecular flexibility index (Phi) is 6.12. The second kappa shape index (κ2) is 8.72. The summed E-state index contributed by atoms with van der Waals surface area (Å²) in [5, 5.41) is 3.28. The van der Waals surface area contributed by atoms with Crippen LogP contribution < -0.4 is 5.32 Å². The predicted octanol–water partition coefficient (Wildman–Crippen LogP) is 1.46. The number of ether oxygens (including phenoxy) is 1. The van der Waals surface area contributed by atoms with E-state index in [0.29, 0.717) is 6.42 Å². The van der Waals surface area contributed by atoms with Crippen molar-refractivity contribution in [3.8, 4) is 0 Å². The van der Waals surface area contributed by atoms with Gasteiger partial charge < -0.3 is 15.0 Å². The summed E-state index contributed by atoms with van der Waals surface area (Å²) in [5.41, 5.74) is 2.03. The van der Waals surface area contributed by atoms with Crippen LogP contribution in [0.2, 0.25) is 0 Å². The zero-order chi connectivity index (χ0) is 19.2. The Morgan fingerprint density at radius 1 is 1.26 bits per heavy atom. The van der Waals surface area contributed by atoms with Crippen LogP contribution in [-0.2, 0) is 25.5 Å². The molecule has 27 heavy (non-hydrogen) atoms. The molecule has 3 amide bonds. The largest absolute Gasteiger partial charge is 0.456 e. The second-order valence-corrected chi connectivity index (χ2v) is 6.90. The number of thioether (sulfide) groups is 1. The molecular weight excluding hydrogens is 370 g/mol. The Balaban J connectivity index is 1.34. The fraction of sp³-hybridized carbons (Fsp3) is 0.333. The molecule has 142 valence electrons. The molecule has 1 aliphatic heterocycles. The minimum absolute atomic E-state index is 0.116. The van der Waals surface area contributed by atoms with Crippen molar-refractivity contribution in [1.82, 2.24) is 15.2 Å². The summed E-state index contributed by atoms with van der Waals surface area (Å²) in [7, 11) is 0. The van der Waals surface area contributed by atoms with Gasteiger partial charge in [-0.15, -0.1) is 0 Å². The van der Waals surface area contributed by atoms with Gasteiger partial charge in [0.1, 0.15) is 0 Å². The van der Waals surface area contributed by atoms with Crippen molar-refractivity contribution in [2.45, 2.75) is 12.8 Å². The van der Waals surface area contributed by atoms with E-state index in [2.05, 4.69) is 10.3 Å². The summed E-state index contributed by atoms with van der Waals surface area (Å²) in [6.07, 6.45) is 2.55. The van der Waals surface area contributed by atoms with Crippen molar-refractivity contribution in [1.29, 1.82) is 0 Å². The molecular formula is C18H19N3O5S. The van der Waals surface area contributed by atoms with Crippen LogP contribution in [0.4, 0.5) is 4.79 Å². The van der Waals surface area contributed by atoms with Crippen LogP contribution in [0.1, 0.15) is 12.0 Å². The number of rotatable bonds is 8. The number of fused-ring (bicyclic) bond motifs is 1. The van der Waals surface area contributed by atoms with Crippen molar-refractivity contribution in [3.05, 3.63) is 36.0 Å². The SMILES string of the molecule is O=C(COC(=O)CCc1c[nH]c2ccccc12)NCCN1C(=O)CSC1=O. The number of esters is 1. The lowest BCUT2D eigenvalue weighted by Gasteiger charge is -2.13. The Labute approximate surface area is 159 Å². The van der Waals surface area contributed by atoms with Crippen molar-refractivity contribution < 1.29 is 23.9 Å². The Morgan fingerprint density at radius 2 is 2.07 bits per heavy atom. The smallest absolute Gasteiger partial charge is 0.306 e. The average molecular weight is 389 g/mol. The summed E-state index contributed by atoms with van der Waals surface area (Å²) in [5.74, 6) is -1.05. The monoisotopic (exact) mass is 389 g/mol. The number of imide groups is 1. The molecule has 1 aliphatic rings. The van der Waals surface area contributed by atoms with Crippen molar-refractivity contribution in [3.63, 3.8) is 0 Å². The van der Waals surface area contributed by atoms with Crippen LogP contribution in [0.25, 0.3) is 10.9 Å². The van der Waals surface area contributed by atoms with Crippen LogP contribution in [0.5, 0.6) is 0 Å². The maximum absolute atomic E-state index is 11.8. The molecule has 2 heterocycles. The maximum Gasteiger partial charge on any atom is 0.306 e. The predicted molar refractivity (Wildman–Crippen MR) is 100 cm³/mol. The quantitative estimate of drug-likeness (QED) is 0.662. The highest BCUT2D eigenvalue weighted by atomic mass is 32.2. The number of nitrogens with one attached hydrogen (secondary N) is 2. The molecule has 0 atom stereocenters. The molecule has 0 radical (unpaired) electrons. The summed E-state index contributed by atoms with van der Waals surface area (Å²) in [6, 6.07) is 7.81. The number of amides is 3. The Bertz CT molecular complexity index is 863. The molecule has 0 spiro atoms. The average Bonchev–Trinajstić information content (AvgIpc) is 3.22. The summed E-state index contributed by atoms with van der Waals surface area (Å²) in [6.45, 7) is -0.141. The summed E-state index contributed by atoms with van der Waals surface area (Å²) in [4.78, 5) is 50.6. The highest BCUT2D eigenvalue weighted by Crippen LogP contribution is 2.19. The van der Waals surface area contributed by atoms with Crippen LogP contribution in [-0.4, -0.2) is 58.4 Å². The van der Waals surface area contributed by atoms with Gasteiger partial charge in [-0.25, -0.2) is 0 Å². The number of aryl methyl sites for hydroxylation is 1. The molecule has 2 N–H and O–H groups in total. The molecule has 0 saturated carbocycles. The fourth-order valence-electron chi connectivity index (χ4n) is 2.75. The topological polar surface area (TPSA) is 109 Å².